The molecule has 164 valence electrons. The number of nitrogens with one attached hydrogen (secondary N) is 2. The van der Waals surface area contributed by atoms with Crippen LogP contribution in [-0.2, 0) is 0 Å². The summed E-state index contributed by atoms with van der Waals surface area (Å²) in [5.74, 6) is 1.04. The third-order valence-electron chi connectivity index (χ3n) is 5.90. The summed E-state index contributed by atoms with van der Waals surface area (Å²) in [7, 11) is 0. The van der Waals surface area contributed by atoms with E-state index in [1.165, 1.54) is 4.68 Å². The van der Waals surface area contributed by atoms with Gasteiger partial charge in [0.15, 0.2) is 10.6 Å². The van der Waals surface area contributed by atoms with Gasteiger partial charge in [-0.1, -0.05) is 48.0 Å². The number of fused-ring (bicyclic) bond motifs is 1. The average molecular weight is 453 g/mol. The number of hydrogen-bond donors (Lipinski definition) is 2. The lowest BCUT2D eigenvalue weighted by atomic mass is 9.97. The van der Waals surface area contributed by atoms with E-state index in [1.54, 1.807) is 6.20 Å². The zero-order valence-corrected chi connectivity index (χ0v) is 18.4. The van der Waals surface area contributed by atoms with Crippen LogP contribution < -0.4 is 5.32 Å². The summed E-state index contributed by atoms with van der Waals surface area (Å²) in [4.78, 5) is 0. The van der Waals surface area contributed by atoms with Crippen LogP contribution in [0.1, 0.15) is 35.2 Å². The number of anilines is 1. The Bertz CT molecular complexity index is 1320. The monoisotopic (exact) mass is 452 g/mol. The number of alkyl halides is 2. The van der Waals surface area contributed by atoms with Crippen LogP contribution in [0.5, 0.6) is 0 Å². The summed E-state index contributed by atoms with van der Waals surface area (Å²) in [6.45, 7) is 4.03. The predicted octanol–water partition coefficient (Wildman–Crippen LogP) is 5.77. The van der Waals surface area contributed by atoms with Crippen LogP contribution in [0.2, 0.25) is 0 Å². The van der Waals surface area contributed by atoms with Crippen molar-refractivity contribution >= 4 is 18.0 Å². The maximum absolute atomic E-state index is 14.0. The Kier molecular flexibility index (Phi) is 5.13. The zero-order valence-electron chi connectivity index (χ0n) is 17.6. The second-order valence-electron chi connectivity index (χ2n) is 8.07. The molecule has 2 aromatic heterocycles. The van der Waals surface area contributed by atoms with Gasteiger partial charge >= 0.3 is 0 Å². The van der Waals surface area contributed by atoms with Crippen LogP contribution in [0.15, 0.2) is 54.7 Å². The highest BCUT2D eigenvalue weighted by molar-refractivity contribution is 7.71. The largest absolute Gasteiger partial charge is 0.363 e. The molecule has 6 nitrogen and oxygen atoms in total. The van der Waals surface area contributed by atoms with E-state index in [9.17, 15) is 8.78 Å². The Balaban J connectivity index is 1.65. The number of H-pyrrole nitrogens is 1. The first-order valence-corrected chi connectivity index (χ1v) is 10.8. The lowest BCUT2D eigenvalue weighted by molar-refractivity contribution is 0.0659. The van der Waals surface area contributed by atoms with Crippen LogP contribution in [0.25, 0.3) is 17.1 Å². The molecule has 2 aromatic carbocycles. The molecule has 1 aliphatic heterocycles. The molecule has 9 heteroatoms. The van der Waals surface area contributed by atoms with Crippen molar-refractivity contribution in [2.24, 2.45) is 0 Å². The number of benzene rings is 2. The highest BCUT2D eigenvalue weighted by Crippen LogP contribution is 2.42. The van der Waals surface area contributed by atoms with Crippen molar-refractivity contribution in [2.75, 3.05) is 5.32 Å². The normalized spacial score (nSPS) is 17.9. The van der Waals surface area contributed by atoms with Gasteiger partial charge in [-0.2, -0.15) is 10.2 Å². The van der Waals surface area contributed by atoms with Crippen molar-refractivity contribution in [3.8, 4) is 17.1 Å². The second kappa shape index (κ2) is 7.98. The topological polar surface area (TPSA) is 63.5 Å². The average Bonchev–Trinajstić information content (AvgIpc) is 3.37. The summed E-state index contributed by atoms with van der Waals surface area (Å²) in [6.07, 6.45) is -0.731. The summed E-state index contributed by atoms with van der Waals surface area (Å²) < 4.78 is 31.6. The van der Waals surface area contributed by atoms with Crippen LogP contribution in [-0.4, -0.2) is 31.0 Å². The molecule has 5 rings (SSSR count). The van der Waals surface area contributed by atoms with Crippen molar-refractivity contribution in [1.29, 1.82) is 0 Å². The first-order valence-electron chi connectivity index (χ1n) is 10.4. The minimum atomic E-state index is -2.55. The zero-order chi connectivity index (χ0) is 22.4. The first kappa shape index (κ1) is 20.6. The van der Waals surface area contributed by atoms with E-state index in [0.29, 0.717) is 22.0 Å². The number of aryl methyl sites for hydroxylation is 2. The van der Waals surface area contributed by atoms with Crippen LogP contribution >= 0.6 is 12.2 Å². The van der Waals surface area contributed by atoms with E-state index in [0.717, 1.165) is 22.4 Å². The standard InChI is InChI=1S/C23H22F2N6S/c1-13-8-9-18(14(2)10-13)30-22(28-29-23(30)32)16-12-26-31-19(20(24)25)11-17(27-21(16)31)15-6-4-3-5-7-15/h3-10,12,17,19-20,27H,11H2,1-2H3,(H,29,32)/t17-,19+/m1/s1. The van der Waals surface area contributed by atoms with E-state index in [2.05, 4.69) is 26.7 Å². The molecule has 0 unspecified atom stereocenters. The van der Waals surface area contributed by atoms with Gasteiger partial charge in [-0.15, -0.1) is 0 Å². The molecule has 0 fully saturated rings. The van der Waals surface area contributed by atoms with E-state index < -0.39 is 12.5 Å². The molecular weight excluding hydrogens is 430 g/mol. The molecule has 32 heavy (non-hydrogen) atoms. The minimum absolute atomic E-state index is 0.236. The Hall–Kier alpha value is -3.33. The Morgan fingerprint density at radius 3 is 2.62 bits per heavy atom. The summed E-state index contributed by atoms with van der Waals surface area (Å²) in [6, 6.07) is 14.4. The molecule has 0 radical (unpaired) electrons. The first-order chi connectivity index (χ1) is 15.4. The molecule has 1 aliphatic rings. The summed E-state index contributed by atoms with van der Waals surface area (Å²) >= 11 is 5.52. The third-order valence-corrected chi connectivity index (χ3v) is 6.17. The Morgan fingerprint density at radius 2 is 1.91 bits per heavy atom. The summed E-state index contributed by atoms with van der Waals surface area (Å²) in [5.41, 5.74) is 4.61. The van der Waals surface area contributed by atoms with Gasteiger partial charge in [-0.25, -0.2) is 13.5 Å². The van der Waals surface area contributed by atoms with Gasteiger partial charge in [0.25, 0.3) is 6.43 Å². The van der Waals surface area contributed by atoms with E-state index in [4.69, 9.17) is 12.2 Å². The lowest BCUT2D eigenvalue weighted by Gasteiger charge is -2.32. The molecule has 0 spiro atoms. The summed E-state index contributed by atoms with van der Waals surface area (Å²) in [5, 5.41) is 15.0. The third kappa shape index (κ3) is 3.42. The second-order valence-corrected chi connectivity index (χ2v) is 8.46. The van der Waals surface area contributed by atoms with E-state index in [1.807, 2.05) is 60.9 Å². The van der Waals surface area contributed by atoms with Gasteiger partial charge in [0.2, 0.25) is 0 Å². The fourth-order valence-electron chi connectivity index (χ4n) is 4.36. The van der Waals surface area contributed by atoms with Gasteiger partial charge in [0.05, 0.1) is 23.5 Å². The highest BCUT2D eigenvalue weighted by Gasteiger charge is 2.36. The number of nitrogens with zero attached hydrogens (tertiary/aromatic N) is 4. The molecule has 0 saturated carbocycles. The van der Waals surface area contributed by atoms with Crippen molar-refractivity contribution in [3.63, 3.8) is 0 Å². The predicted molar refractivity (Wildman–Crippen MR) is 122 cm³/mol. The van der Waals surface area contributed by atoms with Crippen molar-refractivity contribution in [2.45, 2.75) is 38.8 Å². The fourth-order valence-corrected chi connectivity index (χ4v) is 4.59. The minimum Gasteiger partial charge on any atom is -0.363 e. The van der Waals surface area contributed by atoms with E-state index in [-0.39, 0.29) is 12.5 Å². The molecule has 0 bridgehead atoms. The molecule has 4 aromatic rings. The maximum Gasteiger partial charge on any atom is 0.260 e. The van der Waals surface area contributed by atoms with Crippen molar-refractivity contribution < 1.29 is 8.78 Å². The van der Waals surface area contributed by atoms with Crippen LogP contribution in [0, 0.1) is 18.6 Å². The smallest absolute Gasteiger partial charge is 0.260 e. The Morgan fingerprint density at radius 1 is 1.12 bits per heavy atom. The molecule has 3 heterocycles. The number of hydrogen-bond acceptors (Lipinski definition) is 4. The van der Waals surface area contributed by atoms with Gasteiger partial charge < -0.3 is 5.32 Å². The molecule has 0 amide bonds. The molecular formula is C23H22F2N6S. The highest BCUT2D eigenvalue weighted by atomic mass is 32.1. The van der Waals surface area contributed by atoms with Crippen molar-refractivity contribution in [1.82, 2.24) is 24.5 Å². The van der Waals surface area contributed by atoms with Gasteiger partial charge in [0.1, 0.15) is 11.9 Å². The lowest BCUT2D eigenvalue weighted by Crippen LogP contribution is -2.31. The molecule has 2 N–H and O–H groups in total. The maximum atomic E-state index is 14.0. The quantitative estimate of drug-likeness (QED) is 0.386. The van der Waals surface area contributed by atoms with E-state index >= 15 is 0 Å². The number of halogens is 2. The van der Waals surface area contributed by atoms with Crippen molar-refractivity contribution in [3.05, 3.63) is 76.2 Å². The van der Waals surface area contributed by atoms with Gasteiger partial charge in [-0.05, 0) is 49.7 Å². The van der Waals surface area contributed by atoms with Gasteiger partial charge in [-0.3, -0.25) is 9.67 Å². The number of aromatic amines is 1. The van der Waals surface area contributed by atoms with Crippen LogP contribution in [0.4, 0.5) is 14.6 Å². The van der Waals surface area contributed by atoms with Gasteiger partial charge in [0, 0.05) is 0 Å². The number of aromatic nitrogens is 5. The SMILES string of the molecule is Cc1ccc(-n2c(-c3cnn4c3N[C@@H](c3ccccc3)C[C@H]4C(F)F)n[nH]c2=S)c(C)c1. The molecule has 0 saturated heterocycles. The fraction of sp³-hybridized carbons (Fsp3) is 0.261. The molecule has 0 aliphatic carbocycles. The van der Waals surface area contributed by atoms with Crippen LogP contribution in [0.3, 0.4) is 0 Å². The Labute approximate surface area is 188 Å². The molecule has 2 atom stereocenters. The number of rotatable bonds is 4.